The molecule has 1 saturated heterocycles. The number of anilines is 1. The molecule has 34 heavy (non-hydrogen) atoms. The summed E-state index contributed by atoms with van der Waals surface area (Å²) in [6.45, 7) is 6.46. The molecule has 3 aromatic rings. The fraction of sp³-hybridized carbons (Fsp3) is 0.520. The molecular weight excluding hydrogens is 450 g/mol. The van der Waals surface area contributed by atoms with Crippen LogP contribution in [0.5, 0.6) is 0 Å². The summed E-state index contributed by atoms with van der Waals surface area (Å²) in [6, 6.07) is 2.06. The Morgan fingerprint density at radius 1 is 1.24 bits per heavy atom. The van der Waals surface area contributed by atoms with Gasteiger partial charge in [0, 0.05) is 54.7 Å². The number of unbranched alkanes of at least 4 members (excludes halogenated alkanes) is 2. The Kier molecular flexibility index (Phi) is 8.21. The molecule has 3 N–H and O–H groups in total. The lowest BCUT2D eigenvalue weighted by Gasteiger charge is -2.36. The van der Waals surface area contributed by atoms with Gasteiger partial charge < -0.3 is 20.5 Å². The van der Waals surface area contributed by atoms with Crippen LogP contribution in [0.15, 0.2) is 24.7 Å². The summed E-state index contributed by atoms with van der Waals surface area (Å²) in [5, 5.41) is 8.09. The smallest absolute Gasteiger partial charge is 0.317 e. The summed E-state index contributed by atoms with van der Waals surface area (Å²) in [6.07, 6.45) is 12.7. The first-order valence-corrected chi connectivity index (χ1v) is 12.8. The van der Waals surface area contributed by atoms with E-state index in [1.165, 1.54) is 0 Å². The second kappa shape index (κ2) is 11.5. The third kappa shape index (κ3) is 5.60. The highest BCUT2D eigenvalue weighted by molar-refractivity contribution is 6.31. The molecule has 2 amide bonds. The van der Waals surface area contributed by atoms with E-state index in [2.05, 4.69) is 39.4 Å². The normalized spacial score (nSPS) is 16.1. The number of hydrogen-bond acceptors (Lipinski definition) is 5. The molecule has 0 unspecified atom stereocenters. The number of pyridine rings is 1. The number of carbonyl (C=O) groups excluding carboxylic acids is 1. The molecule has 1 fully saturated rings. The number of aromatic amines is 1. The molecule has 3 aromatic heterocycles. The minimum absolute atomic E-state index is 0.0462. The number of H-pyrrole nitrogens is 1. The number of piperidine rings is 1. The Balaban J connectivity index is 1.49. The van der Waals surface area contributed by atoms with E-state index >= 15 is 0 Å². The summed E-state index contributed by atoms with van der Waals surface area (Å²) in [4.78, 5) is 31.8. The minimum atomic E-state index is 0.0462. The molecule has 0 radical (unpaired) electrons. The third-order valence-corrected chi connectivity index (χ3v) is 6.64. The lowest BCUT2D eigenvalue weighted by Crippen LogP contribution is -2.51. The average Bonchev–Trinajstić information content (AvgIpc) is 3.28. The zero-order valence-corrected chi connectivity index (χ0v) is 20.8. The van der Waals surface area contributed by atoms with Crippen LogP contribution < -0.4 is 10.6 Å². The monoisotopic (exact) mass is 483 g/mol. The zero-order valence-electron chi connectivity index (χ0n) is 20.0. The molecule has 1 aliphatic rings. The number of hydrogen-bond donors (Lipinski definition) is 3. The number of amides is 2. The van der Waals surface area contributed by atoms with Crippen molar-refractivity contribution < 1.29 is 4.79 Å². The van der Waals surface area contributed by atoms with Gasteiger partial charge in [0.25, 0.3) is 0 Å². The number of nitrogens with zero attached hydrogens (tertiary/aromatic N) is 4. The van der Waals surface area contributed by atoms with E-state index in [1.807, 2.05) is 23.4 Å². The van der Waals surface area contributed by atoms with Gasteiger partial charge >= 0.3 is 6.03 Å². The van der Waals surface area contributed by atoms with Gasteiger partial charge in [-0.15, -0.1) is 0 Å². The predicted molar refractivity (Wildman–Crippen MR) is 137 cm³/mol. The summed E-state index contributed by atoms with van der Waals surface area (Å²) in [7, 11) is 0. The van der Waals surface area contributed by atoms with Crippen molar-refractivity contribution in [2.45, 2.75) is 64.8 Å². The molecule has 8 nitrogen and oxygen atoms in total. The second-order valence-electron chi connectivity index (χ2n) is 8.84. The Morgan fingerprint density at radius 3 is 2.94 bits per heavy atom. The molecule has 0 aromatic carbocycles. The van der Waals surface area contributed by atoms with Crippen molar-refractivity contribution >= 4 is 34.5 Å². The number of aryl methyl sites for hydroxylation is 1. The van der Waals surface area contributed by atoms with Gasteiger partial charge in [-0.25, -0.2) is 19.7 Å². The van der Waals surface area contributed by atoms with Crippen LogP contribution in [0.3, 0.4) is 0 Å². The molecule has 4 heterocycles. The summed E-state index contributed by atoms with van der Waals surface area (Å²) < 4.78 is 0. The van der Waals surface area contributed by atoms with Gasteiger partial charge in [0.1, 0.15) is 11.5 Å². The zero-order chi connectivity index (χ0) is 23.9. The second-order valence-corrected chi connectivity index (χ2v) is 9.27. The molecule has 1 atom stereocenters. The van der Waals surface area contributed by atoms with Crippen molar-refractivity contribution in [2.75, 3.05) is 25.0 Å². The number of fused-ring (bicyclic) bond motifs is 1. The van der Waals surface area contributed by atoms with Gasteiger partial charge in [0.15, 0.2) is 5.82 Å². The average molecular weight is 484 g/mol. The highest BCUT2D eigenvalue weighted by Crippen LogP contribution is 2.28. The maximum atomic E-state index is 12.8. The number of aromatic nitrogens is 4. The number of urea groups is 1. The van der Waals surface area contributed by atoms with E-state index < -0.39 is 0 Å². The SMILES string of the molecule is CCCCCNC(=O)N1CCCC[C@@H]1CNc1nc(-c2c[nH]c3ncc(Cl)cc23)ncc1CC. The molecule has 182 valence electrons. The van der Waals surface area contributed by atoms with Crippen LogP contribution in [-0.4, -0.2) is 56.5 Å². The van der Waals surface area contributed by atoms with E-state index in [4.69, 9.17) is 16.6 Å². The fourth-order valence-electron chi connectivity index (χ4n) is 4.48. The van der Waals surface area contributed by atoms with Crippen LogP contribution >= 0.6 is 11.6 Å². The first-order valence-electron chi connectivity index (χ1n) is 12.4. The quantitative estimate of drug-likeness (QED) is 0.354. The molecule has 4 rings (SSSR count). The van der Waals surface area contributed by atoms with E-state index in [1.54, 1.807) is 6.20 Å². The molecule has 0 bridgehead atoms. The largest absolute Gasteiger partial charge is 0.368 e. The minimum Gasteiger partial charge on any atom is -0.368 e. The van der Waals surface area contributed by atoms with E-state index in [-0.39, 0.29) is 12.1 Å². The van der Waals surface area contributed by atoms with Gasteiger partial charge in [0.05, 0.1) is 11.1 Å². The van der Waals surface area contributed by atoms with Crippen molar-refractivity contribution in [3.63, 3.8) is 0 Å². The number of halogens is 1. The van der Waals surface area contributed by atoms with Crippen molar-refractivity contribution in [1.82, 2.24) is 30.2 Å². The van der Waals surface area contributed by atoms with Gasteiger partial charge in [-0.3, -0.25) is 0 Å². The summed E-state index contributed by atoms with van der Waals surface area (Å²) in [5.74, 6) is 1.43. The number of nitrogens with one attached hydrogen (secondary N) is 3. The Morgan fingerprint density at radius 2 is 2.12 bits per heavy atom. The van der Waals surface area contributed by atoms with Gasteiger partial charge in [-0.2, -0.15) is 0 Å². The van der Waals surface area contributed by atoms with Crippen LogP contribution in [0.1, 0.15) is 57.9 Å². The van der Waals surface area contributed by atoms with Crippen LogP contribution in [0.25, 0.3) is 22.4 Å². The number of rotatable bonds is 9. The van der Waals surface area contributed by atoms with Crippen LogP contribution in [0.2, 0.25) is 5.02 Å². The lowest BCUT2D eigenvalue weighted by molar-refractivity contribution is 0.155. The van der Waals surface area contributed by atoms with Crippen LogP contribution in [-0.2, 0) is 6.42 Å². The summed E-state index contributed by atoms with van der Waals surface area (Å²) >= 11 is 6.17. The van der Waals surface area contributed by atoms with E-state index in [0.717, 1.165) is 86.0 Å². The van der Waals surface area contributed by atoms with E-state index in [0.29, 0.717) is 17.4 Å². The first-order chi connectivity index (χ1) is 16.6. The highest BCUT2D eigenvalue weighted by Gasteiger charge is 2.26. The first kappa shape index (κ1) is 24.3. The van der Waals surface area contributed by atoms with Gasteiger partial charge in [-0.05, 0) is 38.2 Å². The molecule has 0 spiro atoms. The van der Waals surface area contributed by atoms with Gasteiger partial charge in [-0.1, -0.05) is 38.3 Å². The van der Waals surface area contributed by atoms with Crippen molar-refractivity contribution in [1.29, 1.82) is 0 Å². The molecule has 0 saturated carbocycles. The molecular formula is C25H34ClN7O. The van der Waals surface area contributed by atoms with E-state index in [9.17, 15) is 4.79 Å². The maximum absolute atomic E-state index is 12.8. The molecule has 1 aliphatic heterocycles. The Hall–Kier alpha value is -2.87. The topological polar surface area (TPSA) is 98.8 Å². The summed E-state index contributed by atoms with van der Waals surface area (Å²) in [5.41, 5.74) is 2.66. The maximum Gasteiger partial charge on any atom is 0.317 e. The number of carbonyl (C=O) groups is 1. The lowest BCUT2D eigenvalue weighted by atomic mass is 10.0. The fourth-order valence-corrected chi connectivity index (χ4v) is 4.64. The van der Waals surface area contributed by atoms with Crippen LogP contribution in [0, 0.1) is 0 Å². The Bertz CT molecular complexity index is 1120. The van der Waals surface area contributed by atoms with Crippen molar-refractivity contribution in [2.24, 2.45) is 0 Å². The van der Waals surface area contributed by atoms with Crippen molar-refractivity contribution in [3.8, 4) is 11.4 Å². The molecule has 9 heteroatoms. The Labute approximate surface area is 205 Å². The molecule has 0 aliphatic carbocycles. The highest BCUT2D eigenvalue weighted by atomic mass is 35.5. The van der Waals surface area contributed by atoms with Crippen LogP contribution in [0.4, 0.5) is 10.6 Å². The number of likely N-dealkylation sites (tertiary alicyclic amines) is 1. The third-order valence-electron chi connectivity index (χ3n) is 6.43. The van der Waals surface area contributed by atoms with Crippen molar-refractivity contribution in [3.05, 3.63) is 35.2 Å². The van der Waals surface area contributed by atoms with Gasteiger partial charge in [0.2, 0.25) is 0 Å². The predicted octanol–water partition coefficient (Wildman–Crippen LogP) is 5.40. The standard InChI is InChI=1S/C25H34ClN7O/c1-3-5-7-10-27-25(34)33-11-8-6-9-19(33)15-30-22-17(4-2)13-28-24(32-22)21-16-31-23-20(21)12-18(26)14-29-23/h12-14,16,19H,3-11,15H2,1-2H3,(H,27,34)(H,29,31)(H,28,30,32)/t19-/m1/s1.